The Balaban J connectivity index is 3.03. The summed E-state index contributed by atoms with van der Waals surface area (Å²) in [5.74, 6) is 0. The van der Waals surface area contributed by atoms with Crippen LogP contribution in [-0.4, -0.2) is 4.98 Å². The van der Waals surface area contributed by atoms with Gasteiger partial charge in [0, 0.05) is 0 Å². The van der Waals surface area contributed by atoms with Crippen LogP contribution >= 0.6 is 0 Å². The van der Waals surface area contributed by atoms with Crippen molar-refractivity contribution in [3.63, 3.8) is 0 Å². The van der Waals surface area contributed by atoms with E-state index in [0.717, 1.165) is 0 Å². The standard InChI is InChI=1S/C9H9N3/c1-2-8(11)9-5-3-4-7(6-10)12-9/h2-5,8H,1,11H2/t8-/m0/s1. The number of nitrogens with two attached hydrogens (primary N) is 1. The number of pyridine rings is 1. The van der Waals surface area contributed by atoms with Gasteiger partial charge in [0.15, 0.2) is 0 Å². The molecule has 3 nitrogen and oxygen atoms in total. The monoisotopic (exact) mass is 159 g/mol. The first-order valence-corrected chi connectivity index (χ1v) is 3.53. The molecule has 0 spiro atoms. The number of nitrogens with zero attached hydrogens (tertiary/aromatic N) is 2. The number of hydrogen-bond donors (Lipinski definition) is 1. The molecule has 1 atom stereocenters. The first-order valence-electron chi connectivity index (χ1n) is 3.53. The molecule has 0 unspecified atom stereocenters. The zero-order valence-electron chi connectivity index (χ0n) is 6.57. The van der Waals surface area contributed by atoms with Crippen LogP contribution in [0.1, 0.15) is 17.4 Å². The molecule has 1 aromatic rings. The third-order valence-electron chi connectivity index (χ3n) is 1.48. The molecular weight excluding hydrogens is 150 g/mol. The maximum atomic E-state index is 8.54. The number of aromatic nitrogens is 1. The molecule has 0 aromatic carbocycles. The van der Waals surface area contributed by atoms with Crippen molar-refractivity contribution in [1.29, 1.82) is 5.26 Å². The van der Waals surface area contributed by atoms with Crippen LogP contribution in [0, 0.1) is 11.3 Å². The van der Waals surface area contributed by atoms with Crippen LogP contribution in [-0.2, 0) is 0 Å². The minimum atomic E-state index is -0.293. The van der Waals surface area contributed by atoms with E-state index in [9.17, 15) is 0 Å². The maximum Gasteiger partial charge on any atom is 0.140 e. The topological polar surface area (TPSA) is 62.7 Å². The highest BCUT2D eigenvalue weighted by Crippen LogP contribution is 2.07. The van der Waals surface area contributed by atoms with Crippen LogP contribution in [0.25, 0.3) is 0 Å². The molecule has 0 aliphatic carbocycles. The van der Waals surface area contributed by atoms with E-state index < -0.39 is 0 Å². The average Bonchev–Trinajstić information content (AvgIpc) is 2.17. The lowest BCUT2D eigenvalue weighted by molar-refractivity contribution is 0.860. The first-order chi connectivity index (χ1) is 5.77. The van der Waals surface area contributed by atoms with E-state index in [2.05, 4.69) is 11.6 Å². The van der Waals surface area contributed by atoms with Crippen LogP contribution in [0.3, 0.4) is 0 Å². The summed E-state index contributed by atoms with van der Waals surface area (Å²) in [5, 5.41) is 8.54. The van der Waals surface area contributed by atoms with Crippen molar-refractivity contribution in [2.75, 3.05) is 0 Å². The van der Waals surface area contributed by atoms with Crippen molar-refractivity contribution >= 4 is 0 Å². The van der Waals surface area contributed by atoms with Gasteiger partial charge >= 0.3 is 0 Å². The summed E-state index contributed by atoms with van der Waals surface area (Å²) >= 11 is 0. The predicted octanol–water partition coefficient (Wildman–Crippen LogP) is 1.14. The van der Waals surface area contributed by atoms with Gasteiger partial charge in [-0.25, -0.2) is 4.98 Å². The Kier molecular flexibility index (Phi) is 2.57. The Morgan fingerprint density at radius 1 is 1.67 bits per heavy atom. The highest BCUT2D eigenvalue weighted by atomic mass is 14.8. The van der Waals surface area contributed by atoms with Crippen LogP contribution in [0.15, 0.2) is 30.9 Å². The normalized spacial score (nSPS) is 11.7. The molecule has 2 N–H and O–H groups in total. The molecule has 1 aromatic heterocycles. The third kappa shape index (κ3) is 1.68. The molecule has 60 valence electrons. The van der Waals surface area contributed by atoms with Crippen LogP contribution in [0.4, 0.5) is 0 Å². The summed E-state index contributed by atoms with van der Waals surface area (Å²) in [4.78, 5) is 4.00. The number of rotatable bonds is 2. The molecular formula is C9H9N3. The van der Waals surface area contributed by atoms with E-state index >= 15 is 0 Å². The zero-order valence-corrected chi connectivity index (χ0v) is 6.57. The second-order valence-electron chi connectivity index (χ2n) is 2.32. The van der Waals surface area contributed by atoms with Gasteiger partial charge in [-0.1, -0.05) is 12.1 Å². The lowest BCUT2D eigenvalue weighted by atomic mass is 10.2. The van der Waals surface area contributed by atoms with E-state index in [-0.39, 0.29) is 6.04 Å². The second-order valence-corrected chi connectivity index (χ2v) is 2.32. The molecule has 0 aliphatic rings. The van der Waals surface area contributed by atoms with Crippen molar-refractivity contribution in [3.8, 4) is 6.07 Å². The lowest BCUT2D eigenvalue weighted by Gasteiger charge is -2.03. The predicted molar refractivity (Wildman–Crippen MR) is 46.1 cm³/mol. The number of nitriles is 1. The van der Waals surface area contributed by atoms with Crippen molar-refractivity contribution in [3.05, 3.63) is 42.2 Å². The van der Waals surface area contributed by atoms with Gasteiger partial charge < -0.3 is 5.73 Å². The van der Waals surface area contributed by atoms with Gasteiger partial charge in [-0.3, -0.25) is 0 Å². The van der Waals surface area contributed by atoms with Crippen molar-refractivity contribution in [2.24, 2.45) is 5.73 Å². The molecule has 0 saturated carbocycles. The third-order valence-corrected chi connectivity index (χ3v) is 1.48. The largest absolute Gasteiger partial charge is 0.319 e. The van der Waals surface area contributed by atoms with Gasteiger partial charge in [0.1, 0.15) is 11.8 Å². The van der Waals surface area contributed by atoms with E-state index in [1.54, 1.807) is 24.3 Å². The SMILES string of the molecule is C=C[C@H](N)c1cccc(C#N)n1. The van der Waals surface area contributed by atoms with Crippen LogP contribution in [0.2, 0.25) is 0 Å². The van der Waals surface area contributed by atoms with Gasteiger partial charge in [-0.05, 0) is 12.1 Å². The zero-order chi connectivity index (χ0) is 8.97. The molecule has 3 heteroatoms. The summed E-state index contributed by atoms with van der Waals surface area (Å²) < 4.78 is 0. The molecule has 1 heterocycles. The highest BCUT2D eigenvalue weighted by Gasteiger charge is 2.02. The van der Waals surface area contributed by atoms with Crippen molar-refractivity contribution < 1.29 is 0 Å². The first kappa shape index (κ1) is 8.44. The average molecular weight is 159 g/mol. The van der Waals surface area contributed by atoms with Crippen LogP contribution in [0.5, 0.6) is 0 Å². The van der Waals surface area contributed by atoms with E-state index in [1.807, 2.05) is 6.07 Å². The lowest BCUT2D eigenvalue weighted by Crippen LogP contribution is -2.08. The Morgan fingerprint density at radius 2 is 2.42 bits per heavy atom. The minimum absolute atomic E-state index is 0.293. The highest BCUT2D eigenvalue weighted by molar-refractivity contribution is 5.24. The minimum Gasteiger partial charge on any atom is -0.319 e. The van der Waals surface area contributed by atoms with Crippen molar-refractivity contribution in [1.82, 2.24) is 4.98 Å². The summed E-state index contributed by atoms with van der Waals surface area (Å²) in [7, 11) is 0. The summed E-state index contributed by atoms with van der Waals surface area (Å²) in [6, 6.07) is 6.82. The molecule has 0 saturated heterocycles. The molecule has 1 rings (SSSR count). The molecule has 12 heavy (non-hydrogen) atoms. The Morgan fingerprint density at radius 3 is 3.00 bits per heavy atom. The smallest absolute Gasteiger partial charge is 0.140 e. The van der Waals surface area contributed by atoms with E-state index in [1.165, 1.54) is 0 Å². The molecule has 0 aliphatic heterocycles. The molecule has 0 amide bonds. The van der Waals surface area contributed by atoms with Gasteiger partial charge in [-0.2, -0.15) is 5.26 Å². The molecule has 0 bridgehead atoms. The Labute approximate surface area is 71.2 Å². The Bertz CT molecular complexity index is 325. The fraction of sp³-hybridized carbons (Fsp3) is 0.111. The van der Waals surface area contributed by atoms with E-state index in [0.29, 0.717) is 11.4 Å². The summed E-state index contributed by atoms with van der Waals surface area (Å²) in [6.45, 7) is 3.54. The van der Waals surface area contributed by atoms with Gasteiger partial charge in [-0.15, -0.1) is 6.58 Å². The quantitative estimate of drug-likeness (QED) is 0.658. The van der Waals surface area contributed by atoms with Gasteiger partial charge in [0.25, 0.3) is 0 Å². The summed E-state index contributed by atoms with van der Waals surface area (Å²) in [5.41, 5.74) is 6.68. The van der Waals surface area contributed by atoms with Gasteiger partial charge in [0.05, 0.1) is 11.7 Å². The Hall–Kier alpha value is -1.66. The van der Waals surface area contributed by atoms with E-state index in [4.69, 9.17) is 11.0 Å². The van der Waals surface area contributed by atoms with Gasteiger partial charge in [0.2, 0.25) is 0 Å². The van der Waals surface area contributed by atoms with Crippen LogP contribution < -0.4 is 5.73 Å². The fourth-order valence-electron chi connectivity index (χ4n) is 0.820. The second kappa shape index (κ2) is 3.65. The van der Waals surface area contributed by atoms with Crippen molar-refractivity contribution in [2.45, 2.75) is 6.04 Å². The molecule has 0 fully saturated rings. The fourth-order valence-corrected chi connectivity index (χ4v) is 0.820. The summed E-state index contributed by atoms with van der Waals surface area (Å²) in [6.07, 6.45) is 1.59. The molecule has 0 radical (unpaired) electrons. The maximum absolute atomic E-state index is 8.54. The number of hydrogen-bond acceptors (Lipinski definition) is 3.